The lowest BCUT2D eigenvalue weighted by Crippen LogP contribution is -2.77. The fourth-order valence-electron chi connectivity index (χ4n) is 5.95. The number of hydrogen-bond donors (Lipinski definition) is 1. The molecule has 11 nitrogen and oxygen atoms in total. The lowest BCUT2D eigenvalue weighted by Gasteiger charge is -2.51. The summed E-state index contributed by atoms with van der Waals surface area (Å²) in [4.78, 5) is 54.3. The Morgan fingerprint density at radius 2 is 1.53 bits per heavy atom. The van der Waals surface area contributed by atoms with Crippen LogP contribution in [0.3, 0.4) is 0 Å². The number of nitrogens with one attached hydrogen (secondary N) is 1. The quantitative estimate of drug-likeness (QED) is 0.404. The number of carbonyl (C=O) groups excluding carboxylic acids is 4. The number of hydrogen-bond acceptors (Lipinski definition) is 10. The molecule has 0 radical (unpaired) electrons. The molecule has 2 spiro atoms. The van der Waals surface area contributed by atoms with E-state index in [1.54, 1.807) is 12.2 Å². The second-order valence-electron chi connectivity index (χ2n) is 9.22. The highest BCUT2D eigenvalue weighted by atomic mass is 32.2. The SMILES string of the molecule is CC(=O)OC1C=COC=C2C[C@@]34NC(=S)S[C@]5(CC6=COC=CC(OC(C)=O)C6N5C3=O)C(=O)N4C21. The largest absolute Gasteiger partial charge is 0.473 e. The van der Waals surface area contributed by atoms with Crippen LogP contribution in [-0.2, 0) is 38.1 Å². The average Bonchev–Trinajstić information content (AvgIpc) is 3.06. The number of rotatable bonds is 2. The minimum atomic E-state index is -1.57. The third-order valence-corrected chi connectivity index (χ3v) is 8.57. The molecule has 0 aliphatic carbocycles. The summed E-state index contributed by atoms with van der Waals surface area (Å²) in [5, 5.41) is 3.14. The molecule has 0 aromatic heterocycles. The van der Waals surface area contributed by atoms with E-state index in [2.05, 4.69) is 5.32 Å². The first-order valence-corrected chi connectivity index (χ1v) is 12.5. The first-order valence-electron chi connectivity index (χ1n) is 11.2. The van der Waals surface area contributed by atoms with Crippen LogP contribution in [0.1, 0.15) is 26.7 Å². The Kier molecular flexibility index (Phi) is 5.03. The van der Waals surface area contributed by atoms with Crippen molar-refractivity contribution in [2.75, 3.05) is 0 Å². The Balaban J connectivity index is 1.52. The molecule has 7 heterocycles. The zero-order chi connectivity index (χ0) is 25.4. The minimum absolute atomic E-state index is 0.0608. The van der Waals surface area contributed by atoms with Crippen molar-refractivity contribution in [3.63, 3.8) is 0 Å². The molecule has 5 saturated heterocycles. The normalized spacial score (nSPS) is 37.6. The average molecular weight is 532 g/mol. The van der Waals surface area contributed by atoms with Crippen LogP contribution < -0.4 is 5.32 Å². The van der Waals surface area contributed by atoms with Gasteiger partial charge in [-0.05, 0) is 23.3 Å². The van der Waals surface area contributed by atoms with Gasteiger partial charge >= 0.3 is 11.9 Å². The molecule has 36 heavy (non-hydrogen) atoms. The summed E-state index contributed by atoms with van der Waals surface area (Å²) in [6.45, 7) is 2.56. The van der Waals surface area contributed by atoms with E-state index in [0.29, 0.717) is 11.1 Å². The maximum absolute atomic E-state index is 14.5. The number of ether oxygens (including phenoxy) is 4. The first-order chi connectivity index (χ1) is 17.2. The van der Waals surface area contributed by atoms with E-state index >= 15 is 0 Å². The van der Waals surface area contributed by atoms with E-state index in [-0.39, 0.29) is 23.1 Å². The smallest absolute Gasteiger partial charge is 0.303 e. The molecule has 2 bridgehead atoms. The van der Waals surface area contributed by atoms with Gasteiger partial charge in [0.2, 0.25) is 0 Å². The van der Waals surface area contributed by atoms with Crippen LogP contribution in [-0.4, -0.2) is 72.7 Å². The van der Waals surface area contributed by atoms with Crippen molar-refractivity contribution in [3.05, 3.63) is 48.3 Å². The van der Waals surface area contributed by atoms with E-state index in [1.165, 1.54) is 48.7 Å². The molecule has 13 heteroatoms. The van der Waals surface area contributed by atoms with Gasteiger partial charge in [0.15, 0.2) is 10.5 Å². The van der Waals surface area contributed by atoms with Crippen molar-refractivity contribution in [2.45, 2.75) is 61.5 Å². The number of fused-ring (bicyclic) bond motifs is 4. The Labute approximate surface area is 215 Å². The number of piperazine rings is 1. The second kappa shape index (κ2) is 7.84. The van der Waals surface area contributed by atoms with Crippen molar-refractivity contribution in [1.82, 2.24) is 15.1 Å². The van der Waals surface area contributed by atoms with Crippen LogP contribution in [0.5, 0.6) is 0 Å². The van der Waals surface area contributed by atoms with Crippen LogP contribution in [0.15, 0.2) is 48.3 Å². The molecule has 4 unspecified atom stereocenters. The van der Waals surface area contributed by atoms with Crippen molar-refractivity contribution < 1.29 is 38.1 Å². The summed E-state index contributed by atoms with van der Waals surface area (Å²) in [6, 6.07) is -1.55. The first kappa shape index (κ1) is 23.1. The minimum Gasteiger partial charge on any atom is -0.473 e. The third kappa shape index (κ3) is 3.01. The van der Waals surface area contributed by atoms with Crippen molar-refractivity contribution in [1.29, 1.82) is 0 Å². The van der Waals surface area contributed by atoms with Crippen LogP contribution >= 0.6 is 24.0 Å². The maximum atomic E-state index is 14.5. The molecule has 7 rings (SSSR count). The number of esters is 2. The molecule has 2 amide bonds. The highest BCUT2D eigenvalue weighted by molar-refractivity contribution is 8.24. The van der Waals surface area contributed by atoms with Gasteiger partial charge in [-0.25, -0.2) is 0 Å². The van der Waals surface area contributed by atoms with Crippen molar-refractivity contribution in [2.24, 2.45) is 0 Å². The maximum Gasteiger partial charge on any atom is 0.303 e. The van der Waals surface area contributed by atoms with E-state index in [9.17, 15) is 19.2 Å². The zero-order valence-corrected chi connectivity index (χ0v) is 20.8. The summed E-state index contributed by atoms with van der Waals surface area (Å²) in [5.74, 6) is -1.85. The topological polar surface area (TPSA) is 124 Å². The summed E-state index contributed by atoms with van der Waals surface area (Å²) in [6.07, 6.45) is 7.25. The Morgan fingerprint density at radius 3 is 2.11 bits per heavy atom. The molecule has 0 aromatic carbocycles. The molecule has 7 aliphatic rings. The highest BCUT2D eigenvalue weighted by Crippen LogP contribution is 2.58. The fraction of sp³-hybridized carbons (Fsp3) is 0.435. The van der Waals surface area contributed by atoms with Crippen molar-refractivity contribution >= 4 is 52.1 Å². The fourth-order valence-corrected chi connectivity index (χ4v) is 7.78. The lowest BCUT2D eigenvalue weighted by molar-refractivity contribution is -0.178. The van der Waals surface area contributed by atoms with Crippen LogP contribution in [0, 0.1) is 0 Å². The zero-order valence-electron chi connectivity index (χ0n) is 19.2. The predicted molar refractivity (Wildman–Crippen MR) is 127 cm³/mol. The second-order valence-corrected chi connectivity index (χ2v) is 11.2. The van der Waals surface area contributed by atoms with Gasteiger partial charge in [-0.15, -0.1) is 0 Å². The summed E-state index contributed by atoms with van der Waals surface area (Å²) < 4.78 is 22.3. The van der Waals surface area contributed by atoms with Crippen molar-refractivity contribution in [3.8, 4) is 0 Å². The van der Waals surface area contributed by atoms with Gasteiger partial charge in [-0.2, -0.15) is 0 Å². The Hall–Kier alpha value is -3.32. The monoisotopic (exact) mass is 531 g/mol. The molecule has 7 aliphatic heterocycles. The molecule has 0 aromatic rings. The number of carbonyl (C=O) groups is 4. The van der Waals surface area contributed by atoms with E-state index in [4.69, 9.17) is 31.2 Å². The molecule has 5 fully saturated rings. The van der Waals surface area contributed by atoms with Gasteiger partial charge < -0.3 is 29.2 Å². The molecule has 6 atom stereocenters. The van der Waals surface area contributed by atoms with Gasteiger partial charge in [-0.1, -0.05) is 24.0 Å². The summed E-state index contributed by atoms with van der Waals surface area (Å²) in [5.41, 5.74) is -0.349. The number of thioether (sulfide) groups is 1. The Morgan fingerprint density at radius 1 is 0.972 bits per heavy atom. The standard InChI is InChI=1S/C23H21N3O8S2/c1-11(27)33-15-3-5-31-9-13-7-22-19(29)26-18-14(10-32-6-4-16(18)34-12(2)28)8-23(26,36-21(35)24-22)20(30)25(22)17(13)15/h3-6,9-10,15-18H,7-8H2,1-2H3,(H,24,35)/t15?,16?,17?,18?,22-,23+/m0/s1. The van der Waals surface area contributed by atoms with Gasteiger partial charge in [-0.3, -0.25) is 24.1 Å². The predicted octanol–water partition coefficient (Wildman–Crippen LogP) is 0.935. The number of thiocarbonyl (C=S) groups is 1. The van der Waals surface area contributed by atoms with Crippen LogP contribution in [0.4, 0.5) is 0 Å². The number of amides is 2. The van der Waals surface area contributed by atoms with E-state index < -0.39 is 52.7 Å². The Bertz CT molecular complexity index is 1150. The lowest BCUT2D eigenvalue weighted by atomic mass is 9.97. The molecular formula is C23H21N3O8S2. The summed E-state index contributed by atoms with van der Waals surface area (Å²) >= 11 is 6.69. The molecular weight excluding hydrogens is 510 g/mol. The van der Waals surface area contributed by atoms with Gasteiger partial charge in [0.1, 0.15) is 22.6 Å². The van der Waals surface area contributed by atoms with E-state index in [1.807, 2.05) is 0 Å². The molecule has 188 valence electrons. The van der Waals surface area contributed by atoms with Crippen LogP contribution in [0.25, 0.3) is 0 Å². The highest BCUT2D eigenvalue weighted by Gasteiger charge is 2.76. The third-order valence-electron chi connectivity index (χ3n) is 7.08. The van der Waals surface area contributed by atoms with Crippen LogP contribution in [0.2, 0.25) is 0 Å². The molecule has 1 N–H and O–H groups in total. The summed E-state index contributed by atoms with van der Waals surface area (Å²) in [7, 11) is 0. The van der Waals surface area contributed by atoms with Gasteiger partial charge in [0.05, 0.1) is 31.1 Å². The number of nitrogens with zero attached hydrogens (tertiary/aromatic N) is 2. The van der Waals surface area contributed by atoms with Gasteiger partial charge in [0.25, 0.3) is 11.8 Å². The van der Waals surface area contributed by atoms with Gasteiger partial charge in [0, 0.05) is 26.7 Å². The molecule has 0 saturated carbocycles. The van der Waals surface area contributed by atoms with E-state index in [0.717, 1.165) is 11.8 Å².